The predicted molar refractivity (Wildman–Crippen MR) is 111 cm³/mol. The van der Waals surface area contributed by atoms with Crippen molar-refractivity contribution < 1.29 is 0 Å². The van der Waals surface area contributed by atoms with Gasteiger partial charge in [0, 0.05) is 0 Å². The third-order valence-corrected chi connectivity index (χ3v) is 11.2. The fourth-order valence-corrected chi connectivity index (χ4v) is 12.0. The van der Waals surface area contributed by atoms with Gasteiger partial charge in [-0.25, -0.2) is 0 Å². The van der Waals surface area contributed by atoms with E-state index in [-0.39, 0.29) is 0 Å². The summed E-state index contributed by atoms with van der Waals surface area (Å²) in [6, 6.07) is 6.64. The molecule has 0 bridgehead atoms. The second-order valence-corrected chi connectivity index (χ2v) is 19.1. The number of nitrogens with zero attached hydrogens (tertiary/aromatic N) is 2. The van der Waals surface area contributed by atoms with Gasteiger partial charge in [0.15, 0.2) is 0 Å². The van der Waals surface area contributed by atoms with Gasteiger partial charge in [-0.1, -0.05) is 0 Å². The van der Waals surface area contributed by atoms with Crippen LogP contribution in [0.4, 0.5) is 5.69 Å². The van der Waals surface area contributed by atoms with E-state index in [1.165, 1.54) is 16.8 Å². The van der Waals surface area contributed by atoms with Crippen LogP contribution in [0.25, 0.3) is 0 Å². The minimum atomic E-state index is -1.42. The molecule has 0 aromatic heterocycles. The number of hydrogen-bond donors (Lipinski definition) is 0. The first-order valence-electron chi connectivity index (χ1n) is 8.82. The molecule has 0 aliphatic rings. The Balaban J connectivity index is 3.40. The summed E-state index contributed by atoms with van der Waals surface area (Å²) >= 11 is 0. The third-order valence-electron chi connectivity index (χ3n) is 4.09. The SMILES string of the molecule is CC(C)c1cccc(C(C)C)c1N=BN([Si](C)(C)C)[Si](C)(C)C. The van der Waals surface area contributed by atoms with Gasteiger partial charge in [-0.15, -0.1) is 0 Å². The Morgan fingerprint density at radius 2 is 1.22 bits per heavy atom. The van der Waals surface area contributed by atoms with Crippen molar-refractivity contribution in [3.8, 4) is 0 Å². The van der Waals surface area contributed by atoms with E-state index >= 15 is 0 Å². The van der Waals surface area contributed by atoms with Gasteiger partial charge in [-0.3, -0.25) is 0 Å². The number of rotatable bonds is 6. The van der Waals surface area contributed by atoms with Crippen molar-refractivity contribution in [3.05, 3.63) is 29.3 Å². The van der Waals surface area contributed by atoms with Gasteiger partial charge < -0.3 is 0 Å². The molecule has 0 spiro atoms. The quantitative estimate of drug-likeness (QED) is 0.549. The summed E-state index contributed by atoms with van der Waals surface area (Å²) in [7, 11) is -0.666. The molecule has 0 unspecified atom stereocenters. The van der Waals surface area contributed by atoms with E-state index in [0.29, 0.717) is 11.8 Å². The molecule has 128 valence electrons. The van der Waals surface area contributed by atoms with Crippen molar-refractivity contribution in [1.29, 1.82) is 0 Å². The topological polar surface area (TPSA) is 15.6 Å². The molecule has 0 aliphatic heterocycles. The van der Waals surface area contributed by atoms with Crippen molar-refractivity contribution in [3.63, 3.8) is 0 Å². The molecule has 0 saturated carbocycles. The third kappa shape index (κ3) is 5.42. The van der Waals surface area contributed by atoms with Crippen LogP contribution in [0.15, 0.2) is 23.1 Å². The van der Waals surface area contributed by atoms with Crippen LogP contribution in [-0.4, -0.2) is 27.8 Å². The van der Waals surface area contributed by atoms with E-state index in [2.05, 4.69) is 96.5 Å². The van der Waals surface area contributed by atoms with Gasteiger partial charge in [0.2, 0.25) is 0 Å². The summed E-state index contributed by atoms with van der Waals surface area (Å²) in [4.78, 5) is 5.05. The molecule has 0 amide bonds. The molecule has 0 atom stereocenters. The summed E-state index contributed by atoms with van der Waals surface area (Å²) in [6.45, 7) is 23.5. The molecular formula is C18H35BN2Si2. The summed E-state index contributed by atoms with van der Waals surface area (Å²) in [5.74, 6) is 0.987. The van der Waals surface area contributed by atoms with E-state index < -0.39 is 16.5 Å². The molecule has 2 nitrogen and oxygen atoms in total. The molecule has 1 aromatic rings. The molecule has 0 fully saturated rings. The van der Waals surface area contributed by atoms with E-state index in [4.69, 9.17) is 4.90 Å². The predicted octanol–water partition coefficient (Wildman–Crippen LogP) is 6.34. The Morgan fingerprint density at radius 1 is 0.826 bits per heavy atom. The molecule has 0 saturated heterocycles. The number of hydrogen-bond acceptors (Lipinski definition) is 1. The fourth-order valence-electron chi connectivity index (χ4n) is 3.13. The van der Waals surface area contributed by atoms with Gasteiger partial charge in [0.25, 0.3) is 0 Å². The zero-order valence-corrected chi connectivity index (χ0v) is 18.9. The van der Waals surface area contributed by atoms with E-state index in [9.17, 15) is 0 Å². The van der Waals surface area contributed by atoms with Crippen LogP contribution >= 0.6 is 0 Å². The molecule has 5 heteroatoms. The van der Waals surface area contributed by atoms with Crippen LogP contribution in [-0.2, 0) is 0 Å². The van der Waals surface area contributed by atoms with Crippen molar-refractivity contribution in [2.75, 3.05) is 0 Å². The van der Waals surface area contributed by atoms with Crippen LogP contribution in [0, 0.1) is 0 Å². The number of benzene rings is 1. The fraction of sp³-hybridized carbons (Fsp3) is 0.667. The summed E-state index contributed by atoms with van der Waals surface area (Å²) in [6.07, 6.45) is 0. The Hall–Kier alpha value is -0.681. The second-order valence-electron chi connectivity index (χ2n) is 9.05. The first kappa shape index (κ1) is 20.4. The Morgan fingerprint density at radius 3 is 1.52 bits per heavy atom. The zero-order chi connectivity index (χ0) is 18.0. The van der Waals surface area contributed by atoms with Gasteiger partial charge in [0.1, 0.15) is 0 Å². The maximum atomic E-state index is 5.05. The molecule has 1 rings (SSSR count). The van der Waals surface area contributed by atoms with Crippen molar-refractivity contribution in [2.45, 2.75) is 78.8 Å². The second kappa shape index (κ2) is 7.47. The van der Waals surface area contributed by atoms with E-state index in [1.807, 2.05) is 0 Å². The Kier molecular flexibility index (Phi) is 6.62. The Labute approximate surface area is 146 Å². The average Bonchev–Trinajstić information content (AvgIpc) is 2.35. The van der Waals surface area contributed by atoms with Gasteiger partial charge >= 0.3 is 147 Å². The molecule has 0 aliphatic carbocycles. The summed E-state index contributed by atoms with van der Waals surface area (Å²) in [5, 5.41) is 0. The van der Waals surface area contributed by atoms with Crippen molar-refractivity contribution in [1.82, 2.24) is 4.14 Å². The summed E-state index contributed by atoms with van der Waals surface area (Å²) in [5.41, 5.74) is 3.91. The van der Waals surface area contributed by atoms with E-state index in [1.54, 1.807) is 0 Å². The van der Waals surface area contributed by atoms with Crippen molar-refractivity contribution in [2.24, 2.45) is 4.90 Å². The van der Waals surface area contributed by atoms with Gasteiger partial charge in [-0.05, 0) is 0 Å². The molecule has 23 heavy (non-hydrogen) atoms. The van der Waals surface area contributed by atoms with Crippen LogP contribution in [0.3, 0.4) is 0 Å². The van der Waals surface area contributed by atoms with E-state index in [0.717, 1.165) is 0 Å². The minimum absolute atomic E-state index is 0.494. The first-order valence-corrected chi connectivity index (χ1v) is 15.7. The van der Waals surface area contributed by atoms with Crippen LogP contribution in [0.5, 0.6) is 0 Å². The molecular weight excluding hydrogens is 311 g/mol. The van der Waals surface area contributed by atoms with Gasteiger partial charge in [-0.2, -0.15) is 0 Å². The summed E-state index contributed by atoms with van der Waals surface area (Å²) < 4.78 is 2.63. The molecule has 0 heterocycles. The molecule has 1 aromatic carbocycles. The van der Waals surface area contributed by atoms with Crippen molar-refractivity contribution >= 4 is 29.4 Å². The maximum absolute atomic E-state index is 5.05. The van der Waals surface area contributed by atoms with Crippen LogP contribution < -0.4 is 0 Å². The first-order chi connectivity index (χ1) is 10.4. The van der Waals surface area contributed by atoms with Gasteiger partial charge in [0.05, 0.1) is 0 Å². The normalized spacial score (nSPS) is 13.0. The Bertz CT molecular complexity index is 515. The monoisotopic (exact) mass is 346 g/mol. The van der Waals surface area contributed by atoms with Crippen LogP contribution in [0.2, 0.25) is 39.3 Å². The zero-order valence-electron chi connectivity index (χ0n) is 16.9. The standard InChI is InChI=1S/C18H35BN2Si2/c1-14(2)16-12-11-13-17(15(3)4)18(16)20-19-21(22(5,6)7)23(8,9)10/h11-15H,1-10H3. The van der Waals surface area contributed by atoms with Crippen LogP contribution in [0.1, 0.15) is 50.7 Å². The molecule has 0 N–H and O–H groups in total. The molecule has 0 radical (unpaired) electrons. The average molecular weight is 346 g/mol.